The van der Waals surface area contributed by atoms with Gasteiger partial charge < -0.3 is 9.47 Å². The third-order valence-electron chi connectivity index (χ3n) is 1.90. The van der Waals surface area contributed by atoms with E-state index in [0.29, 0.717) is 17.3 Å². The van der Waals surface area contributed by atoms with Crippen LogP contribution in [0.4, 0.5) is 0 Å². The molecule has 2 aromatic rings. The molecule has 1 heterocycles. The first-order valence-corrected chi connectivity index (χ1v) is 4.59. The van der Waals surface area contributed by atoms with Crippen molar-refractivity contribution in [2.45, 2.75) is 6.61 Å². The summed E-state index contributed by atoms with van der Waals surface area (Å²) >= 11 is 0. The van der Waals surface area contributed by atoms with Gasteiger partial charge in [0.2, 0.25) is 0 Å². The van der Waals surface area contributed by atoms with Crippen LogP contribution in [0.15, 0.2) is 33.6 Å². The average molecular weight is 222 g/mol. The van der Waals surface area contributed by atoms with E-state index < -0.39 is 5.76 Å². The van der Waals surface area contributed by atoms with Gasteiger partial charge in [-0.2, -0.15) is 0 Å². The fraction of sp³-hybridized carbons (Fsp3) is 0.200. The molecule has 2 rings (SSSR count). The molecular weight excluding hydrogens is 212 g/mol. The van der Waals surface area contributed by atoms with Crippen LogP contribution in [0.5, 0.6) is 11.5 Å². The molecule has 0 bridgehead atoms. The average Bonchev–Trinajstić information content (AvgIpc) is 2.73. The van der Waals surface area contributed by atoms with Gasteiger partial charge in [0, 0.05) is 6.07 Å². The van der Waals surface area contributed by atoms with E-state index in [1.54, 1.807) is 25.3 Å². The Labute approximate surface area is 90.8 Å². The first kappa shape index (κ1) is 10.3. The predicted molar refractivity (Wildman–Crippen MR) is 54.4 cm³/mol. The van der Waals surface area contributed by atoms with Gasteiger partial charge in [0.15, 0.2) is 5.82 Å². The van der Waals surface area contributed by atoms with Crippen LogP contribution in [-0.2, 0) is 6.61 Å². The van der Waals surface area contributed by atoms with E-state index in [1.165, 1.54) is 0 Å². The highest BCUT2D eigenvalue weighted by Gasteiger charge is 2.02. The van der Waals surface area contributed by atoms with Gasteiger partial charge in [-0.15, -0.1) is 0 Å². The molecule has 0 unspecified atom stereocenters. The van der Waals surface area contributed by atoms with Crippen molar-refractivity contribution < 1.29 is 14.0 Å². The summed E-state index contributed by atoms with van der Waals surface area (Å²) in [7, 11) is 1.58. The highest BCUT2D eigenvalue weighted by molar-refractivity contribution is 5.32. The molecule has 0 aliphatic carbocycles. The van der Waals surface area contributed by atoms with E-state index in [-0.39, 0.29) is 6.61 Å². The minimum absolute atomic E-state index is 0.138. The first-order valence-electron chi connectivity index (χ1n) is 4.59. The molecule has 0 amide bonds. The lowest BCUT2D eigenvalue weighted by molar-refractivity contribution is 0.283. The summed E-state index contributed by atoms with van der Waals surface area (Å²) in [6, 6.07) is 7.13. The third kappa shape index (κ3) is 2.41. The van der Waals surface area contributed by atoms with Crippen molar-refractivity contribution in [1.29, 1.82) is 0 Å². The summed E-state index contributed by atoms with van der Waals surface area (Å²) in [6.07, 6.45) is 0. The Balaban J connectivity index is 2.01. The number of ether oxygens (including phenoxy) is 2. The number of methoxy groups -OCH3 is 1. The topological polar surface area (TPSA) is 77.3 Å². The van der Waals surface area contributed by atoms with Crippen LogP contribution >= 0.6 is 0 Å². The SMILES string of the molecule is COc1cccc(OCc2noc(=O)[nH]2)c1. The van der Waals surface area contributed by atoms with Crippen molar-refractivity contribution >= 4 is 0 Å². The zero-order chi connectivity index (χ0) is 11.4. The second kappa shape index (κ2) is 4.52. The maximum absolute atomic E-state index is 10.6. The molecule has 1 N–H and O–H groups in total. The molecular formula is C10H10N2O4. The molecule has 0 saturated carbocycles. The Morgan fingerprint density at radius 3 is 2.94 bits per heavy atom. The maximum atomic E-state index is 10.6. The number of H-pyrrole nitrogens is 1. The van der Waals surface area contributed by atoms with Gasteiger partial charge in [0.05, 0.1) is 7.11 Å². The lowest BCUT2D eigenvalue weighted by atomic mass is 10.3. The van der Waals surface area contributed by atoms with Gasteiger partial charge in [0.25, 0.3) is 0 Å². The molecule has 16 heavy (non-hydrogen) atoms. The fourth-order valence-electron chi connectivity index (χ4n) is 1.17. The van der Waals surface area contributed by atoms with Crippen molar-refractivity contribution in [2.24, 2.45) is 0 Å². The van der Waals surface area contributed by atoms with Crippen molar-refractivity contribution in [3.8, 4) is 11.5 Å². The second-order valence-electron chi connectivity index (χ2n) is 3.01. The normalized spacial score (nSPS) is 10.1. The van der Waals surface area contributed by atoms with Crippen molar-refractivity contribution in [3.63, 3.8) is 0 Å². The summed E-state index contributed by atoms with van der Waals surface area (Å²) in [5.74, 6) is 1.08. The molecule has 0 aliphatic heterocycles. The van der Waals surface area contributed by atoms with E-state index in [1.807, 2.05) is 6.07 Å². The molecule has 0 radical (unpaired) electrons. The second-order valence-corrected chi connectivity index (χ2v) is 3.01. The number of aromatic nitrogens is 2. The molecule has 1 aromatic heterocycles. The standard InChI is InChI=1S/C10H10N2O4/c1-14-7-3-2-4-8(5-7)15-6-9-11-10(13)16-12-9/h2-5H,6H2,1H3,(H,11,12,13). The van der Waals surface area contributed by atoms with Crippen LogP contribution in [0.3, 0.4) is 0 Å². The van der Waals surface area contributed by atoms with Crippen LogP contribution in [0.2, 0.25) is 0 Å². The number of hydrogen-bond acceptors (Lipinski definition) is 5. The minimum Gasteiger partial charge on any atom is -0.497 e. The molecule has 6 heteroatoms. The number of nitrogens with one attached hydrogen (secondary N) is 1. The van der Waals surface area contributed by atoms with E-state index >= 15 is 0 Å². The zero-order valence-corrected chi connectivity index (χ0v) is 8.60. The molecule has 84 valence electrons. The lowest BCUT2D eigenvalue weighted by Gasteiger charge is -2.05. The number of nitrogens with zero attached hydrogens (tertiary/aromatic N) is 1. The number of rotatable bonds is 4. The molecule has 0 fully saturated rings. The summed E-state index contributed by atoms with van der Waals surface area (Å²) in [5, 5.41) is 3.47. The van der Waals surface area contributed by atoms with E-state index in [4.69, 9.17) is 9.47 Å². The summed E-state index contributed by atoms with van der Waals surface area (Å²) < 4.78 is 14.7. The van der Waals surface area contributed by atoms with Gasteiger partial charge in [0.1, 0.15) is 18.1 Å². The van der Waals surface area contributed by atoms with Crippen molar-refractivity contribution in [2.75, 3.05) is 7.11 Å². The van der Waals surface area contributed by atoms with Crippen LogP contribution in [-0.4, -0.2) is 17.3 Å². The van der Waals surface area contributed by atoms with E-state index in [2.05, 4.69) is 14.7 Å². The Morgan fingerprint density at radius 2 is 2.25 bits per heavy atom. The molecule has 0 aliphatic rings. The third-order valence-corrected chi connectivity index (χ3v) is 1.90. The summed E-state index contributed by atoms with van der Waals surface area (Å²) in [6.45, 7) is 0.138. The van der Waals surface area contributed by atoms with Crippen LogP contribution < -0.4 is 15.2 Å². The van der Waals surface area contributed by atoms with Gasteiger partial charge in [-0.05, 0) is 12.1 Å². The highest BCUT2D eigenvalue weighted by atomic mass is 16.5. The maximum Gasteiger partial charge on any atom is 0.439 e. The highest BCUT2D eigenvalue weighted by Crippen LogP contribution is 2.19. The first-order chi connectivity index (χ1) is 7.78. The van der Waals surface area contributed by atoms with Gasteiger partial charge in [-0.25, -0.2) is 4.79 Å². The molecule has 0 spiro atoms. The van der Waals surface area contributed by atoms with Crippen molar-refractivity contribution in [1.82, 2.24) is 10.1 Å². The zero-order valence-electron chi connectivity index (χ0n) is 8.60. The van der Waals surface area contributed by atoms with Gasteiger partial charge in [-0.1, -0.05) is 11.2 Å². The summed E-state index contributed by atoms with van der Waals surface area (Å²) in [5.41, 5.74) is 0. The van der Waals surface area contributed by atoms with Gasteiger partial charge >= 0.3 is 5.76 Å². The molecule has 0 atom stereocenters. The molecule has 0 saturated heterocycles. The van der Waals surface area contributed by atoms with Crippen molar-refractivity contribution in [3.05, 3.63) is 40.6 Å². The minimum atomic E-state index is -0.593. The van der Waals surface area contributed by atoms with E-state index in [0.717, 1.165) is 0 Å². The quantitative estimate of drug-likeness (QED) is 0.833. The van der Waals surface area contributed by atoms with Crippen LogP contribution in [0, 0.1) is 0 Å². The Bertz CT molecular complexity index is 517. The summed E-state index contributed by atoms with van der Waals surface area (Å²) in [4.78, 5) is 13.0. The van der Waals surface area contributed by atoms with E-state index in [9.17, 15) is 4.79 Å². The Morgan fingerprint density at radius 1 is 1.44 bits per heavy atom. The number of aromatic amines is 1. The van der Waals surface area contributed by atoms with Crippen LogP contribution in [0.1, 0.15) is 5.82 Å². The predicted octanol–water partition coefficient (Wildman–Crippen LogP) is 0.950. The Hall–Kier alpha value is -2.24. The lowest BCUT2D eigenvalue weighted by Crippen LogP contribution is -2.01. The van der Waals surface area contributed by atoms with Gasteiger partial charge in [-0.3, -0.25) is 9.51 Å². The fourth-order valence-corrected chi connectivity index (χ4v) is 1.17. The van der Waals surface area contributed by atoms with Crippen LogP contribution in [0.25, 0.3) is 0 Å². The number of benzene rings is 1. The largest absolute Gasteiger partial charge is 0.497 e. The molecule has 6 nitrogen and oxygen atoms in total. The smallest absolute Gasteiger partial charge is 0.439 e. The Kier molecular flexibility index (Phi) is 2.90. The monoisotopic (exact) mass is 222 g/mol. The number of hydrogen-bond donors (Lipinski definition) is 1. The molecule has 1 aromatic carbocycles.